The van der Waals surface area contributed by atoms with Crippen molar-refractivity contribution >= 4 is 0 Å². The number of rotatable bonds is 5. The van der Waals surface area contributed by atoms with Crippen LogP contribution in [-0.2, 0) is 0 Å². The van der Waals surface area contributed by atoms with Gasteiger partial charge < -0.3 is 10.6 Å². The van der Waals surface area contributed by atoms with Gasteiger partial charge in [-0.15, -0.1) is 0 Å². The van der Waals surface area contributed by atoms with Gasteiger partial charge in [0.2, 0.25) is 0 Å². The highest BCUT2D eigenvalue weighted by molar-refractivity contribution is 4.95. The van der Waals surface area contributed by atoms with Crippen molar-refractivity contribution in [2.24, 2.45) is 11.1 Å². The average Bonchev–Trinajstić information content (AvgIpc) is 2.81. The fraction of sp³-hybridized carbons (Fsp3) is 1.00. The van der Waals surface area contributed by atoms with Crippen LogP contribution in [0.1, 0.15) is 26.7 Å². The second kappa shape index (κ2) is 3.55. The van der Waals surface area contributed by atoms with Crippen molar-refractivity contribution in [2.45, 2.75) is 26.7 Å². The minimum Gasteiger partial charge on any atom is -0.330 e. The zero-order chi connectivity index (χ0) is 8.32. The fourth-order valence-corrected chi connectivity index (χ4v) is 1.53. The topological polar surface area (TPSA) is 29.3 Å². The lowest BCUT2D eigenvalue weighted by molar-refractivity contribution is 0.243. The molecule has 1 saturated carbocycles. The van der Waals surface area contributed by atoms with E-state index in [-0.39, 0.29) is 0 Å². The van der Waals surface area contributed by atoms with E-state index in [9.17, 15) is 0 Å². The zero-order valence-corrected chi connectivity index (χ0v) is 7.77. The predicted molar refractivity (Wildman–Crippen MR) is 48.5 cm³/mol. The van der Waals surface area contributed by atoms with Crippen LogP contribution in [0.25, 0.3) is 0 Å². The first-order chi connectivity index (χ1) is 5.26. The van der Waals surface area contributed by atoms with Crippen LogP contribution in [0.3, 0.4) is 0 Å². The van der Waals surface area contributed by atoms with Crippen LogP contribution in [0, 0.1) is 5.41 Å². The summed E-state index contributed by atoms with van der Waals surface area (Å²) in [4.78, 5) is 2.47. The monoisotopic (exact) mass is 156 g/mol. The lowest BCUT2D eigenvalue weighted by Crippen LogP contribution is -2.33. The van der Waals surface area contributed by atoms with Crippen molar-refractivity contribution in [1.29, 1.82) is 0 Å². The molecule has 2 heteroatoms. The Morgan fingerprint density at radius 3 is 2.09 bits per heavy atom. The van der Waals surface area contributed by atoms with Gasteiger partial charge in [-0.25, -0.2) is 0 Å². The van der Waals surface area contributed by atoms with E-state index in [2.05, 4.69) is 18.7 Å². The smallest absolute Gasteiger partial charge is 0.00498 e. The van der Waals surface area contributed by atoms with Gasteiger partial charge in [0, 0.05) is 6.54 Å². The Labute approximate surface area is 69.8 Å². The van der Waals surface area contributed by atoms with Crippen molar-refractivity contribution < 1.29 is 0 Å². The highest BCUT2D eigenvalue weighted by atomic mass is 15.1. The van der Waals surface area contributed by atoms with E-state index in [0.29, 0.717) is 5.41 Å². The molecule has 0 aromatic heterocycles. The highest BCUT2D eigenvalue weighted by Crippen LogP contribution is 2.44. The van der Waals surface area contributed by atoms with Gasteiger partial charge in [-0.1, -0.05) is 13.8 Å². The Balaban J connectivity index is 2.27. The maximum absolute atomic E-state index is 5.70. The highest BCUT2D eigenvalue weighted by Gasteiger charge is 2.41. The van der Waals surface area contributed by atoms with Crippen molar-refractivity contribution in [3.8, 4) is 0 Å². The number of hydrogen-bond donors (Lipinski definition) is 1. The largest absolute Gasteiger partial charge is 0.330 e. The van der Waals surface area contributed by atoms with Crippen LogP contribution in [0.4, 0.5) is 0 Å². The molecule has 0 aromatic carbocycles. The molecular weight excluding hydrogens is 136 g/mol. The SMILES string of the molecule is CCN(CC)CC1(CN)CC1. The molecule has 0 amide bonds. The lowest BCUT2D eigenvalue weighted by atomic mass is 10.1. The summed E-state index contributed by atoms with van der Waals surface area (Å²) in [6.07, 6.45) is 2.69. The minimum atomic E-state index is 0.520. The lowest BCUT2D eigenvalue weighted by Gasteiger charge is -2.23. The zero-order valence-electron chi connectivity index (χ0n) is 7.77. The summed E-state index contributed by atoms with van der Waals surface area (Å²) in [7, 11) is 0. The van der Waals surface area contributed by atoms with E-state index in [4.69, 9.17) is 5.73 Å². The van der Waals surface area contributed by atoms with Gasteiger partial charge in [0.05, 0.1) is 0 Å². The molecule has 1 aliphatic rings. The second-order valence-electron chi connectivity index (χ2n) is 3.67. The number of nitrogens with zero attached hydrogens (tertiary/aromatic N) is 1. The van der Waals surface area contributed by atoms with Crippen LogP contribution in [-0.4, -0.2) is 31.1 Å². The van der Waals surface area contributed by atoms with Gasteiger partial charge in [0.15, 0.2) is 0 Å². The maximum Gasteiger partial charge on any atom is 0.00498 e. The Hall–Kier alpha value is -0.0800. The van der Waals surface area contributed by atoms with Crippen LogP contribution in [0.15, 0.2) is 0 Å². The predicted octanol–water partition coefficient (Wildman–Crippen LogP) is 1.07. The Morgan fingerprint density at radius 1 is 1.27 bits per heavy atom. The van der Waals surface area contributed by atoms with Crippen LogP contribution in [0.5, 0.6) is 0 Å². The Morgan fingerprint density at radius 2 is 1.82 bits per heavy atom. The quantitative estimate of drug-likeness (QED) is 0.645. The van der Waals surface area contributed by atoms with Gasteiger partial charge in [-0.05, 0) is 37.9 Å². The standard InChI is InChI=1S/C9H20N2/c1-3-11(4-2)8-9(7-10)5-6-9/h3-8,10H2,1-2H3. The molecule has 0 radical (unpaired) electrons. The van der Waals surface area contributed by atoms with E-state index in [1.54, 1.807) is 0 Å². The number of hydrogen-bond acceptors (Lipinski definition) is 2. The van der Waals surface area contributed by atoms with E-state index in [1.807, 2.05) is 0 Å². The molecule has 0 unspecified atom stereocenters. The molecule has 2 nitrogen and oxygen atoms in total. The number of nitrogens with two attached hydrogens (primary N) is 1. The summed E-state index contributed by atoms with van der Waals surface area (Å²) in [6.45, 7) is 8.86. The Kier molecular flexibility index (Phi) is 2.90. The van der Waals surface area contributed by atoms with Gasteiger partial charge >= 0.3 is 0 Å². The van der Waals surface area contributed by atoms with E-state index >= 15 is 0 Å². The molecule has 66 valence electrons. The van der Waals surface area contributed by atoms with Crippen LogP contribution in [0.2, 0.25) is 0 Å². The minimum absolute atomic E-state index is 0.520. The fourth-order valence-electron chi connectivity index (χ4n) is 1.53. The third-order valence-electron chi connectivity index (χ3n) is 2.84. The van der Waals surface area contributed by atoms with E-state index < -0.39 is 0 Å². The molecule has 1 rings (SSSR count). The molecule has 1 fully saturated rings. The molecule has 0 atom stereocenters. The summed E-state index contributed by atoms with van der Waals surface area (Å²) in [6, 6.07) is 0. The molecule has 1 aliphatic carbocycles. The van der Waals surface area contributed by atoms with Crippen LogP contribution < -0.4 is 5.73 Å². The second-order valence-corrected chi connectivity index (χ2v) is 3.67. The van der Waals surface area contributed by atoms with E-state index in [1.165, 1.54) is 19.4 Å². The molecule has 0 bridgehead atoms. The molecule has 0 aromatic rings. The van der Waals surface area contributed by atoms with Gasteiger partial charge in [-0.2, -0.15) is 0 Å². The first-order valence-electron chi connectivity index (χ1n) is 4.69. The molecule has 11 heavy (non-hydrogen) atoms. The van der Waals surface area contributed by atoms with Crippen molar-refractivity contribution in [3.05, 3.63) is 0 Å². The molecule has 0 saturated heterocycles. The summed E-state index contributed by atoms with van der Waals surface area (Å²) in [5, 5.41) is 0. The van der Waals surface area contributed by atoms with E-state index in [0.717, 1.165) is 19.6 Å². The summed E-state index contributed by atoms with van der Waals surface area (Å²) >= 11 is 0. The summed E-state index contributed by atoms with van der Waals surface area (Å²) in [5.74, 6) is 0. The molecule has 0 heterocycles. The van der Waals surface area contributed by atoms with Crippen molar-refractivity contribution in [1.82, 2.24) is 4.90 Å². The first kappa shape index (κ1) is 9.01. The third kappa shape index (κ3) is 2.17. The summed E-state index contributed by atoms with van der Waals surface area (Å²) in [5.41, 5.74) is 6.22. The van der Waals surface area contributed by atoms with Crippen molar-refractivity contribution in [3.63, 3.8) is 0 Å². The third-order valence-corrected chi connectivity index (χ3v) is 2.84. The maximum atomic E-state index is 5.70. The van der Waals surface area contributed by atoms with Crippen LogP contribution >= 0.6 is 0 Å². The summed E-state index contributed by atoms with van der Waals surface area (Å²) < 4.78 is 0. The van der Waals surface area contributed by atoms with Crippen molar-refractivity contribution in [2.75, 3.05) is 26.2 Å². The average molecular weight is 156 g/mol. The van der Waals surface area contributed by atoms with Gasteiger partial charge in [0.25, 0.3) is 0 Å². The molecule has 0 spiro atoms. The van der Waals surface area contributed by atoms with Gasteiger partial charge in [0.1, 0.15) is 0 Å². The Bertz CT molecular complexity index is 115. The molecule has 0 aliphatic heterocycles. The molecular formula is C9H20N2. The normalized spacial score (nSPS) is 20.7. The van der Waals surface area contributed by atoms with Gasteiger partial charge in [-0.3, -0.25) is 0 Å². The molecule has 2 N–H and O–H groups in total. The first-order valence-corrected chi connectivity index (χ1v) is 4.69.